The van der Waals surface area contributed by atoms with Crippen LogP contribution in [0.1, 0.15) is 36.7 Å². The minimum absolute atomic E-state index is 0.0207. The molecule has 2 amide bonds. The summed E-state index contributed by atoms with van der Waals surface area (Å²) in [5.41, 5.74) is 3.02. The van der Waals surface area contributed by atoms with Gasteiger partial charge in [0.15, 0.2) is 0 Å². The lowest BCUT2D eigenvalue weighted by molar-refractivity contribution is -0.151. The summed E-state index contributed by atoms with van der Waals surface area (Å²) in [6.45, 7) is 6.76. The molecule has 2 aromatic rings. The van der Waals surface area contributed by atoms with Crippen molar-refractivity contribution < 1.29 is 23.5 Å². The van der Waals surface area contributed by atoms with Crippen molar-refractivity contribution in [2.45, 2.75) is 40.0 Å². The van der Waals surface area contributed by atoms with E-state index in [1.807, 2.05) is 13.8 Å². The molecule has 1 fully saturated rings. The molecule has 0 N–H and O–H groups in total. The summed E-state index contributed by atoms with van der Waals surface area (Å²) in [7, 11) is 1.61. The van der Waals surface area contributed by atoms with Crippen LogP contribution in [0.3, 0.4) is 0 Å². The number of ether oxygens (including phenoxy) is 1. The second-order valence-electron chi connectivity index (χ2n) is 8.37. The number of hydrogen-bond acceptors (Lipinski definition) is 5. The smallest absolute Gasteiger partial charge is 0.309 e. The molecular weight excluding hydrogens is 427 g/mol. The molecule has 1 aliphatic heterocycles. The number of aromatic nitrogens is 2. The third kappa shape index (κ3) is 5.77. The highest BCUT2D eigenvalue weighted by atomic mass is 19.1. The number of benzene rings is 1. The number of piperidine rings is 1. The van der Waals surface area contributed by atoms with Gasteiger partial charge in [-0.2, -0.15) is 5.10 Å². The Morgan fingerprint density at radius 1 is 1.15 bits per heavy atom. The Morgan fingerprint density at radius 3 is 2.39 bits per heavy atom. The van der Waals surface area contributed by atoms with Crippen molar-refractivity contribution >= 4 is 17.8 Å². The Hall–Kier alpha value is -3.23. The molecule has 2 heterocycles. The zero-order valence-electron chi connectivity index (χ0n) is 19.6. The van der Waals surface area contributed by atoms with E-state index in [0.717, 1.165) is 11.3 Å². The third-order valence-electron chi connectivity index (χ3n) is 6.11. The van der Waals surface area contributed by atoms with Crippen LogP contribution in [0.15, 0.2) is 24.3 Å². The third-order valence-corrected chi connectivity index (χ3v) is 6.11. The molecule has 0 aliphatic carbocycles. The number of hydrogen-bond donors (Lipinski definition) is 0. The molecule has 1 aromatic carbocycles. The zero-order chi connectivity index (χ0) is 24.1. The van der Waals surface area contributed by atoms with Crippen molar-refractivity contribution in [1.82, 2.24) is 19.6 Å². The summed E-state index contributed by atoms with van der Waals surface area (Å²) >= 11 is 0. The van der Waals surface area contributed by atoms with Gasteiger partial charge in [-0.1, -0.05) is 0 Å². The lowest BCUT2D eigenvalue weighted by Crippen LogP contribution is -2.46. The topological polar surface area (TPSA) is 84.7 Å². The predicted molar refractivity (Wildman–Crippen MR) is 120 cm³/mol. The van der Waals surface area contributed by atoms with E-state index in [1.54, 1.807) is 35.7 Å². The zero-order valence-corrected chi connectivity index (χ0v) is 19.6. The van der Waals surface area contributed by atoms with E-state index in [2.05, 4.69) is 5.10 Å². The number of halogens is 1. The molecule has 0 saturated carbocycles. The predicted octanol–water partition coefficient (Wildman–Crippen LogP) is 2.43. The maximum Gasteiger partial charge on any atom is 0.309 e. The van der Waals surface area contributed by atoms with Gasteiger partial charge in [-0.05, 0) is 57.9 Å². The van der Waals surface area contributed by atoms with Crippen LogP contribution in [-0.2, 0) is 25.5 Å². The molecule has 0 unspecified atom stereocenters. The molecule has 0 atom stereocenters. The number of nitrogens with zero attached hydrogens (tertiary/aromatic N) is 4. The van der Waals surface area contributed by atoms with Crippen LogP contribution in [0.4, 0.5) is 4.39 Å². The average molecular weight is 459 g/mol. The van der Waals surface area contributed by atoms with E-state index in [9.17, 15) is 18.8 Å². The molecule has 1 saturated heterocycles. The Kier molecular flexibility index (Phi) is 7.84. The Morgan fingerprint density at radius 2 is 1.79 bits per heavy atom. The Bertz CT molecular complexity index is 1010. The molecular formula is C24H31FN4O4. The number of carbonyl (C=O) groups excluding carboxylic acids is 3. The summed E-state index contributed by atoms with van der Waals surface area (Å²) in [4.78, 5) is 40.5. The molecule has 9 heteroatoms. The van der Waals surface area contributed by atoms with Gasteiger partial charge in [0, 0.05) is 31.4 Å². The quantitative estimate of drug-likeness (QED) is 0.595. The number of rotatable bonds is 7. The van der Waals surface area contributed by atoms with E-state index in [4.69, 9.17) is 4.74 Å². The van der Waals surface area contributed by atoms with Crippen LogP contribution in [0.5, 0.6) is 0 Å². The summed E-state index contributed by atoms with van der Waals surface area (Å²) in [5.74, 6) is -1.02. The first-order chi connectivity index (χ1) is 15.7. The molecule has 8 nitrogen and oxygen atoms in total. The van der Waals surface area contributed by atoms with Crippen LogP contribution < -0.4 is 0 Å². The lowest BCUT2D eigenvalue weighted by atomic mass is 9.97. The molecule has 178 valence electrons. The molecule has 3 rings (SSSR count). The summed E-state index contributed by atoms with van der Waals surface area (Å²) in [6, 6.07) is 6.00. The van der Waals surface area contributed by atoms with Crippen LogP contribution in [0.25, 0.3) is 5.69 Å². The monoisotopic (exact) mass is 458 g/mol. The second-order valence-corrected chi connectivity index (χ2v) is 8.37. The number of amides is 2. The molecule has 1 aliphatic rings. The Balaban J connectivity index is 1.57. The van der Waals surface area contributed by atoms with Gasteiger partial charge in [0.2, 0.25) is 11.8 Å². The van der Waals surface area contributed by atoms with Crippen molar-refractivity contribution in [3.63, 3.8) is 0 Å². The summed E-state index contributed by atoms with van der Waals surface area (Å²) < 4.78 is 20.0. The maximum atomic E-state index is 13.2. The molecule has 0 radical (unpaired) electrons. The Labute approximate surface area is 193 Å². The minimum Gasteiger partial charge on any atom is -0.466 e. The number of likely N-dealkylation sites (tertiary alicyclic amines) is 1. The number of likely N-dealkylation sites (N-methyl/N-ethyl adjacent to an activating group) is 1. The highest BCUT2D eigenvalue weighted by molar-refractivity contribution is 5.86. The van der Waals surface area contributed by atoms with E-state index in [1.165, 1.54) is 17.0 Å². The number of aryl methyl sites for hydroxylation is 1. The molecule has 0 spiro atoms. The van der Waals surface area contributed by atoms with Crippen LogP contribution in [0, 0.1) is 25.6 Å². The largest absolute Gasteiger partial charge is 0.466 e. The van der Waals surface area contributed by atoms with Crippen molar-refractivity contribution in [3.8, 4) is 5.69 Å². The van der Waals surface area contributed by atoms with Crippen molar-refractivity contribution in [2.24, 2.45) is 5.92 Å². The maximum absolute atomic E-state index is 13.2. The van der Waals surface area contributed by atoms with Gasteiger partial charge < -0.3 is 14.5 Å². The highest BCUT2D eigenvalue weighted by Crippen LogP contribution is 2.21. The van der Waals surface area contributed by atoms with E-state index in [0.29, 0.717) is 43.9 Å². The van der Waals surface area contributed by atoms with Crippen molar-refractivity contribution in [2.75, 3.05) is 33.3 Å². The van der Waals surface area contributed by atoms with Crippen LogP contribution >= 0.6 is 0 Å². The van der Waals surface area contributed by atoms with Gasteiger partial charge in [-0.25, -0.2) is 9.07 Å². The van der Waals surface area contributed by atoms with E-state index in [-0.39, 0.29) is 42.5 Å². The standard InChI is InChI=1S/C24H31FN4O4/c1-5-33-24(32)18-10-12-28(13-11-18)23(31)15-27(4)22(30)14-21-16(2)26-29(17(21)3)20-8-6-19(25)7-9-20/h6-9,18H,5,10-15H2,1-4H3. The SMILES string of the molecule is CCOC(=O)C1CCN(C(=O)CN(C)C(=O)Cc2c(C)nn(-c3ccc(F)cc3)c2C)CC1. The second kappa shape index (κ2) is 10.6. The average Bonchev–Trinajstić information content (AvgIpc) is 3.08. The number of esters is 1. The molecule has 0 bridgehead atoms. The first-order valence-electron chi connectivity index (χ1n) is 11.2. The molecule has 1 aromatic heterocycles. The lowest BCUT2D eigenvalue weighted by Gasteiger charge is -2.32. The minimum atomic E-state index is -0.327. The highest BCUT2D eigenvalue weighted by Gasteiger charge is 2.29. The first kappa shape index (κ1) is 24.4. The summed E-state index contributed by atoms with van der Waals surface area (Å²) in [5, 5.41) is 4.50. The normalized spacial score (nSPS) is 14.3. The van der Waals surface area contributed by atoms with Crippen molar-refractivity contribution in [1.29, 1.82) is 0 Å². The van der Waals surface area contributed by atoms with Crippen molar-refractivity contribution in [3.05, 3.63) is 47.0 Å². The number of carbonyl (C=O) groups is 3. The van der Waals surface area contributed by atoms with Gasteiger partial charge in [0.05, 0.1) is 36.9 Å². The van der Waals surface area contributed by atoms with Gasteiger partial charge in [0.25, 0.3) is 0 Å². The van der Waals surface area contributed by atoms with Crippen LogP contribution in [-0.4, -0.2) is 70.7 Å². The molecule has 33 heavy (non-hydrogen) atoms. The van der Waals surface area contributed by atoms with E-state index < -0.39 is 0 Å². The summed E-state index contributed by atoms with van der Waals surface area (Å²) in [6.07, 6.45) is 1.26. The fourth-order valence-corrected chi connectivity index (χ4v) is 4.07. The first-order valence-corrected chi connectivity index (χ1v) is 11.2. The van der Waals surface area contributed by atoms with Gasteiger partial charge >= 0.3 is 5.97 Å². The van der Waals surface area contributed by atoms with E-state index >= 15 is 0 Å². The van der Waals surface area contributed by atoms with Gasteiger partial charge in [-0.3, -0.25) is 14.4 Å². The fraction of sp³-hybridized carbons (Fsp3) is 0.500. The fourth-order valence-electron chi connectivity index (χ4n) is 4.07. The van der Waals surface area contributed by atoms with Crippen LogP contribution in [0.2, 0.25) is 0 Å². The van der Waals surface area contributed by atoms with Gasteiger partial charge in [-0.15, -0.1) is 0 Å². The van der Waals surface area contributed by atoms with Gasteiger partial charge in [0.1, 0.15) is 5.82 Å².